The molecule has 0 radical (unpaired) electrons. The zero-order chi connectivity index (χ0) is 23.9. The van der Waals surface area contributed by atoms with Gasteiger partial charge in [0.1, 0.15) is 5.76 Å². The second-order valence-electron chi connectivity index (χ2n) is 7.83. The summed E-state index contributed by atoms with van der Waals surface area (Å²) in [5.74, 6) is 0.681. The molecule has 0 fully saturated rings. The molecule has 5 heteroatoms. The summed E-state index contributed by atoms with van der Waals surface area (Å²) in [7, 11) is 1.65. The van der Waals surface area contributed by atoms with E-state index in [1.54, 1.807) is 7.11 Å². The Kier molecular flexibility index (Phi) is 8.97. The summed E-state index contributed by atoms with van der Waals surface area (Å²) in [6.45, 7) is 18.5. The van der Waals surface area contributed by atoms with Crippen LogP contribution in [0.1, 0.15) is 56.5 Å². The lowest BCUT2D eigenvalue weighted by Gasteiger charge is -2.32. The van der Waals surface area contributed by atoms with Crippen LogP contribution in [0.3, 0.4) is 0 Å². The molecule has 3 aromatic rings. The first-order valence-corrected chi connectivity index (χ1v) is 11.6. The zero-order valence-corrected chi connectivity index (χ0v) is 21.0. The van der Waals surface area contributed by atoms with Crippen molar-refractivity contribution in [1.29, 1.82) is 0 Å². The third kappa shape index (κ3) is 5.55. The van der Waals surface area contributed by atoms with Crippen molar-refractivity contribution >= 4 is 22.8 Å². The molecule has 1 N–H and O–H groups in total. The zero-order valence-electron chi connectivity index (χ0n) is 20.3. The number of halogens is 1. The molecular weight excluding hydrogens is 418 g/mol. The Morgan fingerprint density at radius 1 is 1.19 bits per heavy atom. The molecule has 0 spiro atoms. The maximum atomic E-state index is 6.32. The Labute approximate surface area is 197 Å². The van der Waals surface area contributed by atoms with Gasteiger partial charge in [0.05, 0.1) is 23.9 Å². The molecule has 0 saturated heterocycles. The number of nitrogens with one attached hydrogen (secondary N) is 1. The van der Waals surface area contributed by atoms with Gasteiger partial charge >= 0.3 is 0 Å². The minimum Gasteiger partial charge on any atom is -0.499 e. The monoisotopic (exact) mass is 453 g/mol. The number of fused-ring (bicyclic) bond motifs is 1. The van der Waals surface area contributed by atoms with Gasteiger partial charge in [-0.15, -0.1) is 0 Å². The summed E-state index contributed by atoms with van der Waals surface area (Å²) in [6.07, 6.45) is 4.62. The number of ether oxygens (including phenoxy) is 1. The van der Waals surface area contributed by atoms with Crippen molar-refractivity contribution in [1.82, 2.24) is 14.9 Å². The molecule has 172 valence electrons. The number of methoxy groups -OCH3 is 1. The van der Waals surface area contributed by atoms with Crippen LogP contribution in [-0.4, -0.2) is 22.3 Å². The van der Waals surface area contributed by atoms with Crippen molar-refractivity contribution in [3.63, 3.8) is 0 Å². The van der Waals surface area contributed by atoms with E-state index in [1.165, 1.54) is 5.56 Å². The number of pyridine rings is 1. The summed E-state index contributed by atoms with van der Waals surface area (Å²) in [4.78, 5) is 0. The van der Waals surface area contributed by atoms with E-state index < -0.39 is 5.54 Å². The van der Waals surface area contributed by atoms with Crippen LogP contribution in [0.2, 0.25) is 5.02 Å². The van der Waals surface area contributed by atoms with E-state index >= 15 is 0 Å². The lowest BCUT2D eigenvalue weighted by molar-refractivity contribution is 0.214. The highest BCUT2D eigenvalue weighted by Gasteiger charge is 2.28. The van der Waals surface area contributed by atoms with Crippen molar-refractivity contribution < 1.29 is 4.74 Å². The summed E-state index contributed by atoms with van der Waals surface area (Å²) in [6, 6.07) is 12.3. The van der Waals surface area contributed by atoms with Crippen LogP contribution in [-0.2, 0) is 17.6 Å². The van der Waals surface area contributed by atoms with E-state index in [0.29, 0.717) is 5.76 Å². The number of rotatable bonds is 9. The largest absolute Gasteiger partial charge is 0.499 e. The van der Waals surface area contributed by atoms with E-state index in [2.05, 4.69) is 55.6 Å². The third-order valence-corrected chi connectivity index (χ3v) is 6.18. The van der Waals surface area contributed by atoms with Crippen LogP contribution in [0, 0.1) is 6.92 Å². The predicted molar refractivity (Wildman–Crippen MR) is 137 cm³/mol. The van der Waals surface area contributed by atoms with Gasteiger partial charge in [-0.2, -0.15) is 5.10 Å². The maximum absolute atomic E-state index is 6.32. The van der Waals surface area contributed by atoms with Gasteiger partial charge in [-0.3, -0.25) is 0 Å². The summed E-state index contributed by atoms with van der Waals surface area (Å²) in [5, 5.41) is 9.01. The smallest absolute Gasteiger partial charge is 0.113 e. The number of hydrogen-bond donors (Lipinski definition) is 1. The first kappa shape index (κ1) is 25.5. The van der Waals surface area contributed by atoms with Crippen LogP contribution in [0.5, 0.6) is 0 Å². The van der Waals surface area contributed by atoms with Gasteiger partial charge in [-0.05, 0) is 62.4 Å². The molecule has 4 nitrogen and oxygen atoms in total. The van der Waals surface area contributed by atoms with E-state index in [1.807, 2.05) is 49.7 Å². The number of aryl methyl sites for hydroxylation is 3. The summed E-state index contributed by atoms with van der Waals surface area (Å²) < 4.78 is 7.32. The molecule has 0 aliphatic heterocycles. The van der Waals surface area contributed by atoms with Gasteiger partial charge in [-0.25, -0.2) is 4.52 Å². The van der Waals surface area contributed by atoms with E-state index in [0.717, 1.165) is 52.3 Å². The van der Waals surface area contributed by atoms with Crippen LogP contribution in [0.15, 0.2) is 61.5 Å². The molecule has 0 saturated carbocycles. The first-order chi connectivity index (χ1) is 15.3. The Morgan fingerprint density at radius 3 is 2.50 bits per heavy atom. The summed E-state index contributed by atoms with van der Waals surface area (Å²) in [5.41, 5.74) is 5.77. The normalized spacial score (nSPS) is 12.5. The van der Waals surface area contributed by atoms with E-state index in [4.69, 9.17) is 16.3 Å². The van der Waals surface area contributed by atoms with Crippen LogP contribution in [0.25, 0.3) is 11.2 Å². The average Bonchev–Trinajstić information content (AvgIpc) is 3.14. The van der Waals surface area contributed by atoms with Crippen molar-refractivity contribution in [2.75, 3.05) is 7.11 Å². The molecule has 0 bridgehead atoms. The lowest BCUT2D eigenvalue weighted by Crippen LogP contribution is -2.42. The van der Waals surface area contributed by atoms with E-state index in [-0.39, 0.29) is 0 Å². The van der Waals surface area contributed by atoms with Crippen molar-refractivity contribution in [2.24, 2.45) is 0 Å². The number of nitrogens with zero attached hydrogens (tertiary/aromatic N) is 2. The standard InChI is InChI=1S/C25H30ClN3O.C2H6/c1-7-25(5,19(4)30-6)27-17(2)24-18(3)28-29-15-14-20(16-23(24)29)12-13-21-10-8-9-11-22(21)26;1-2/h8-11,14-16,27H,2,4,7,12-13H2,1,3,5-6H3;1-2H3. The molecule has 32 heavy (non-hydrogen) atoms. The van der Waals surface area contributed by atoms with Crippen LogP contribution < -0.4 is 5.32 Å². The fourth-order valence-corrected chi connectivity index (χ4v) is 3.92. The van der Waals surface area contributed by atoms with Gasteiger partial charge in [0.25, 0.3) is 0 Å². The van der Waals surface area contributed by atoms with Crippen LogP contribution >= 0.6 is 11.6 Å². The van der Waals surface area contributed by atoms with E-state index in [9.17, 15) is 0 Å². The number of hydrogen-bond acceptors (Lipinski definition) is 3. The fraction of sp³-hybridized carbons (Fsp3) is 0.370. The van der Waals surface area contributed by atoms with Gasteiger partial charge in [-0.1, -0.05) is 63.7 Å². The second-order valence-corrected chi connectivity index (χ2v) is 8.24. The Hall–Kier alpha value is -2.72. The molecule has 1 atom stereocenters. The lowest BCUT2D eigenvalue weighted by atomic mass is 9.95. The summed E-state index contributed by atoms with van der Waals surface area (Å²) >= 11 is 6.32. The van der Waals surface area contributed by atoms with Gasteiger partial charge in [0, 0.05) is 22.5 Å². The molecule has 1 aromatic carbocycles. The van der Waals surface area contributed by atoms with Crippen molar-refractivity contribution in [3.8, 4) is 0 Å². The Balaban J connectivity index is 0.00000176. The quantitative estimate of drug-likeness (QED) is 0.354. The number of aromatic nitrogens is 2. The Morgan fingerprint density at radius 2 is 1.88 bits per heavy atom. The SMILES string of the molecule is C=C(NC(C)(CC)C(=C)OC)c1c(C)nn2ccc(CCc3ccccc3Cl)cc12.CC. The highest BCUT2D eigenvalue weighted by atomic mass is 35.5. The molecule has 3 rings (SSSR count). The minimum atomic E-state index is -0.409. The second kappa shape index (κ2) is 11.2. The minimum absolute atomic E-state index is 0.409. The Bertz CT molecular complexity index is 1090. The molecule has 0 amide bonds. The van der Waals surface area contributed by atoms with Crippen molar-refractivity contribution in [2.45, 2.75) is 59.4 Å². The molecule has 2 aromatic heterocycles. The van der Waals surface area contributed by atoms with Crippen LogP contribution in [0.4, 0.5) is 0 Å². The molecule has 1 unspecified atom stereocenters. The predicted octanol–water partition coefficient (Wildman–Crippen LogP) is 7.00. The molecular formula is C27H36ClN3O. The first-order valence-electron chi connectivity index (χ1n) is 11.2. The molecule has 0 aliphatic rings. The molecule has 0 aliphatic carbocycles. The van der Waals surface area contributed by atoms with Gasteiger partial charge < -0.3 is 10.1 Å². The molecule has 2 heterocycles. The average molecular weight is 454 g/mol. The maximum Gasteiger partial charge on any atom is 0.113 e. The topological polar surface area (TPSA) is 38.6 Å². The third-order valence-electron chi connectivity index (χ3n) is 5.81. The van der Waals surface area contributed by atoms with Crippen molar-refractivity contribution in [3.05, 3.63) is 88.9 Å². The highest BCUT2D eigenvalue weighted by Crippen LogP contribution is 2.28. The van der Waals surface area contributed by atoms with Gasteiger partial charge in [0.15, 0.2) is 0 Å². The van der Waals surface area contributed by atoms with Gasteiger partial charge in [0.2, 0.25) is 0 Å². The number of benzene rings is 1. The highest BCUT2D eigenvalue weighted by molar-refractivity contribution is 6.31. The fourth-order valence-electron chi connectivity index (χ4n) is 3.69.